The maximum Gasteiger partial charge on any atom is 0.321 e. The van der Waals surface area contributed by atoms with Crippen LogP contribution in [-0.2, 0) is 10.0 Å². The zero-order valence-electron chi connectivity index (χ0n) is 13.8. The van der Waals surface area contributed by atoms with Gasteiger partial charge in [0.05, 0.1) is 4.90 Å². The maximum absolute atomic E-state index is 12.4. The van der Waals surface area contributed by atoms with Crippen LogP contribution in [0.5, 0.6) is 0 Å². The lowest BCUT2D eigenvalue weighted by molar-refractivity contribution is 0.200. The van der Waals surface area contributed by atoms with E-state index >= 15 is 0 Å². The van der Waals surface area contributed by atoms with Crippen molar-refractivity contribution in [3.8, 4) is 0 Å². The fraction of sp³-hybridized carbons (Fsp3) is 0.588. The molecule has 0 bridgehead atoms. The zero-order valence-corrected chi connectivity index (χ0v) is 14.6. The number of carbonyl (C=O) groups is 1. The molecule has 24 heavy (non-hydrogen) atoms. The van der Waals surface area contributed by atoms with Gasteiger partial charge in [0.15, 0.2) is 0 Å². The first kappa shape index (κ1) is 17.2. The van der Waals surface area contributed by atoms with Crippen molar-refractivity contribution in [1.29, 1.82) is 0 Å². The summed E-state index contributed by atoms with van der Waals surface area (Å²) < 4.78 is 27.5. The molecule has 3 rings (SSSR count). The van der Waals surface area contributed by atoms with Crippen LogP contribution in [0.15, 0.2) is 29.2 Å². The number of hydrogen-bond acceptors (Lipinski definition) is 3. The molecular weight excluding hydrogens is 326 g/mol. The highest BCUT2D eigenvalue weighted by atomic mass is 32.2. The van der Waals surface area contributed by atoms with E-state index < -0.39 is 10.0 Å². The van der Waals surface area contributed by atoms with E-state index in [1.165, 1.54) is 6.42 Å². The number of anilines is 1. The Morgan fingerprint density at radius 1 is 0.958 bits per heavy atom. The number of carbonyl (C=O) groups excluding carboxylic acids is 1. The summed E-state index contributed by atoms with van der Waals surface area (Å²) in [7, 11) is -3.48. The minimum absolute atomic E-state index is 0.0495. The number of benzene rings is 1. The van der Waals surface area contributed by atoms with Crippen LogP contribution < -0.4 is 10.0 Å². The summed E-state index contributed by atoms with van der Waals surface area (Å²) >= 11 is 0. The van der Waals surface area contributed by atoms with Crippen molar-refractivity contribution in [3.63, 3.8) is 0 Å². The highest BCUT2D eigenvalue weighted by Crippen LogP contribution is 2.21. The molecule has 1 saturated heterocycles. The molecule has 0 radical (unpaired) electrons. The van der Waals surface area contributed by atoms with Gasteiger partial charge in [0.25, 0.3) is 0 Å². The number of rotatable bonds is 4. The molecule has 1 aliphatic carbocycles. The molecule has 0 atom stereocenters. The largest absolute Gasteiger partial charge is 0.325 e. The first-order chi connectivity index (χ1) is 11.5. The highest BCUT2D eigenvalue weighted by molar-refractivity contribution is 7.89. The summed E-state index contributed by atoms with van der Waals surface area (Å²) in [5.74, 6) is 0. The Hall–Kier alpha value is -1.60. The van der Waals surface area contributed by atoms with Crippen LogP contribution in [0.2, 0.25) is 0 Å². The van der Waals surface area contributed by atoms with Crippen molar-refractivity contribution in [2.45, 2.75) is 55.9 Å². The Bertz CT molecular complexity index is 661. The van der Waals surface area contributed by atoms with Gasteiger partial charge in [-0.25, -0.2) is 17.9 Å². The fourth-order valence-electron chi connectivity index (χ4n) is 3.35. The summed E-state index contributed by atoms with van der Waals surface area (Å²) in [6.45, 7) is 1.56. The molecule has 1 aromatic rings. The number of likely N-dealkylation sites (tertiary alicyclic amines) is 1. The third-order valence-electron chi connectivity index (χ3n) is 4.74. The van der Waals surface area contributed by atoms with Crippen LogP contribution in [0.3, 0.4) is 0 Å². The van der Waals surface area contributed by atoms with Gasteiger partial charge in [0.2, 0.25) is 10.0 Å². The molecule has 1 heterocycles. The molecule has 7 heteroatoms. The molecule has 1 aliphatic heterocycles. The predicted octanol–water partition coefficient (Wildman–Crippen LogP) is 2.93. The number of sulfonamides is 1. The molecule has 0 aromatic heterocycles. The van der Waals surface area contributed by atoms with Gasteiger partial charge in [-0.05, 0) is 56.4 Å². The zero-order chi connectivity index (χ0) is 17.0. The lowest BCUT2D eigenvalue weighted by atomic mass is 10.1. The van der Waals surface area contributed by atoms with Crippen LogP contribution in [0.25, 0.3) is 0 Å². The number of nitrogens with zero attached hydrogens (tertiary/aromatic N) is 1. The highest BCUT2D eigenvalue weighted by Gasteiger charge is 2.23. The van der Waals surface area contributed by atoms with Gasteiger partial charge in [0, 0.05) is 24.8 Å². The summed E-state index contributed by atoms with van der Waals surface area (Å²) in [5.41, 5.74) is 0.616. The second kappa shape index (κ2) is 7.53. The topological polar surface area (TPSA) is 78.5 Å². The number of urea groups is 1. The Labute approximate surface area is 143 Å². The summed E-state index contributed by atoms with van der Waals surface area (Å²) in [6.07, 6.45) is 7.22. The molecule has 0 spiro atoms. The Kier molecular flexibility index (Phi) is 5.40. The number of hydrogen-bond donors (Lipinski definition) is 2. The Balaban J connectivity index is 1.61. The summed E-state index contributed by atoms with van der Waals surface area (Å²) in [5, 5.41) is 2.84. The Morgan fingerprint density at radius 3 is 2.21 bits per heavy atom. The van der Waals surface area contributed by atoms with Gasteiger partial charge in [-0.2, -0.15) is 0 Å². The molecule has 2 fully saturated rings. The second-order valence-electron chi connectivity index (χ2n) is 6.60. The lowest BCUT2D eigenvalue weighted by Crippen LogP contribution is -2.38. The van der Waals surface area contributed by atoms with Crippen LogP contribution in [0, 0.1) is 0 Å². The first-order valence-corrected chi connectivity index (χ1v) is 10.2. The van der Waals surface area contributed by atoms with Crippen LogP contribution in [0.1, 0.15) is 44.9 Å². The van der Waals surface area contributed by atoms with Gasteiger partial charge in [-0.15, -0.1) is 0 Å². The molecule has 6 nitrogen and oxygen atoms in total. The third kappa shape index (κ3) is 4.27. The van der Waals surface area contributed by atoms with Crippen molar-refractivity contribution in [2.24, 2.45) is 0 Å². The average Bonchev–Trinajstić information content (AvgIpc) is 3.08. The van der Waals surface area contributed by atoms with E-state index in [1.807, 2.05) is 0 Å². The van der Waals surface area contributed by atoms with Gasteiger partial charge in [0.1, 0.15) is 0 Å². The Morgan fingerprint density at radius 2 is 1.58 bits per heavy atom. The van der Waals surface area contributed by atoms with Crippen molar-refractivity contribution >= 4 is 21.7 Å². The van der Waals surface area contributed by atoms with E-state index in [2.05, 4.69) is 10.0 Å². The van der Waals surface area contributed by atoms with E-state index in [1.54, 1.807) is 29.2 Å². The molecule has 2 N–H and O–H groups in total. The second-order valence-corrected chi connectivity index (χ2v) is 8.32. The minimum atomic E-state index is -3.48. The summed E-state index contributed by atoms with van der Waals surface area (Å²) in [4.78, 5) is 14.2. The van der Waals surface area contributed by atoms with Crippen molar-refractivity contribution in [1.82, 2.24) is 9.62 Å². The molecule has 0 unspecified atom stereocenters. The van der Waals surface area contributed by atoms with Crippen molar-refractivity contribution in [3.05, 3.63) is 24.3 Å². The molecule has 1 aromatic carbocycles. The van der Waals surface area contributed by atoms with Crippen molar-refractivity contribution < 1.29 is 13.2 Å². The first-order valence-electron chi connectivity index (χ1n) is 8.73. The van der Waals surface area contributed by atoms with Gasteiger partial charge in [-0.1, -0.05) is 12.8 Å². The molecule has 2 aliphatic rings. The monoisotopic (exact) mass is 351 g/mol. The van der Waals surface area contributed by atoms with E-state index in [4.69, 9.17) is 0 Å². The minimum Gasteiger partial charge on any atom is -0.325 e. The number of piperidine rings is 1. The van der Waals surface area contributed by atoms with Crippen LogP contribution >= 0.6 is 0 Å². The molecule has 1 saturated carbocycles. The van der Waals surface area contributed by atoms with Crippen LogP contribution in [-0.4, -0.2) is 38.5 Å². The quantitative estimate of drug-likeness (QED) is 0.875. The van der Waals surface area contributed by atoms with Crippen LogP contribution in [0.4, 0.5) is 10.5 Å². The third-order valence-corrected chi connectivity index (χ3v) is 6.27. The molecule has 2 amide bonds. The fourth-order valence-corrected chi connectivity index (χ4v) is 4.65. The molecule has 132 valence electrons. The maximum atomic E-state index is 12.4. The van der Waals surface area contributed by atoms with Gasteiger partial charge < -0.3 is 10.2 Å². The molecular formula is C17H25N3O3S. The SMILES string of the molecule is O=C(Nc1ccc(S(=O)(=O)NC2CCCC2)cc1)N1CCCCC1. The predicted molar refractivity (Wildman–Crippen MR) is 93.5 cm³/mol. The van der Waals surface area contributed by atoms with Gasteiger partial charge in [-0.3, -0.25) is 0 Å². The number of amides is 2. The van der Waals surface area contributed by atoms with E-state index in [0.29, 0.717) is 5.69 Å². The summed E-state index contributed by atoms with van der Waals surface area (Å²) in [6, 6.07) is 6.31. The smallest absolute Gasteiger partial charge is 0.321 e. The van der Waals surface area contributed by atoms with E-state index in [-0.39, 0.29) is 17.0 Å². The average molecular weight is 351 g/mol. The standard InChI is InChI=1S/C17H25N3O3S/c21-17(20-12-4-1-5-13-20)18-14-8-10-16(11-9-14)24(22,23)19-15-6-2-3-7-15/h8-11,15,19H,1-7,12-13H2,(H,18,21). The normalized spacial score (nSPS) is 19.4. The lowest BCUT2D eigenvalue weighted by Gasteiger charge is -2.26. The number of nitrogens with one attached hydrogen (secondary N) is 2. The van der Waals surface area contributed by atoms with E-state index in [0.717, 1.165) is 51.6 Å². The van der Waals surface area contributed by atoms with E-state index in [9.17, 15) is 13.2 Å². The van der Waals surface area contributed by atoms with Gasteiger partial charge >= 0.3 is 6.03 Å². The van der Waals surface area contributed by atoms with Crippen molar-refractivity contribution in [2.75, 3.05) is 18.4 Å².